The van der Waals surface area contributed by atoms with Gasteiger partial charge in [-0.15, -0.1) is 0 Å². The summed E-state index contributed by atoms with van der Waals surface area (Å²) in [6, 6.07) is 3.59. The third kappa shape index (κ3) is 3.41. The molecule has 112 valence electrons. The quantitative estimate of drug-likeness (QED) is 0.766. The molecule has 1 aliphatic heterocycles. The Morgan fingerprint density at radius 1 is 1.48 bits per heavy atom. The van der Waals surface area contributed by atoms with Gasteiger partial charge in [-0.3, -0.25) is 9.69 Å². The summed E-state index contributed by atoms with van der Waals surface area (Å²) in [5.74, 6) is 5.65. The van der Waals surface area contributed by atoms with Gasteiger partial charge in [0.25, 0.3) is 5.91 Å². The molecule has 2 N–H and O–H groups in total. The number of carbonyl (C=O) groups excluding carboxylic acids is 1. The van der Waals surface area contributed by atoms with Gasteiger partial charge < -0.3 is 10.6 Å². The second-order valence-electron chi connectivity index (χ2n) is 5.87. The van der Waals surface area contributed by atoms with E-state index in [1.54, 1.807) is 12.3 Å². The Hall–Kier alpha value is -1.90. The minimum absolute atomic E-state index is 0.0359. The van der Waals surface area contributed by atoms with E-state index in [4.69, 9.17) is 5.73 Å². The molecule has 0 saturated carbocycles. The lowest BCUT2D eigenvalue weighted by atomic mass is 9.99. The van der Waals surface area contributed by atoms with Crippen molar-refractivity contribution >= 4 is 5.91 Å². The predicted octanol–water partition coefficient (Wildman–Crippen LogP) is 0.558. The van der Waals surface area contributed by atoms with Crippen LogP contribution in [0, 0.1) is 11.8 Å². The molecule has 0 atom stereocenters. The summed E-state index contributed by atoms with van der Waals surface area (Å²) >= 11 is 0. The molecule has 1 amide bonds. The molecule has 2 rings (SSSR count). The summed E-state index contributed by atoms with van der Waals surface area (Å²) < 4.78 is 0. The normalized spacial score (nSPS) is 18.0. The lowest BCUT2D eigenvalue weighted by Crippen LogP contribution is -2.59. The van der Waals surface area contributed by atoms with Gasteiger partial charge in [0, 0.05) is 31.4 Å². The molecule has 21 heavy (non-hydrogen) atoms. The van der Waals surface area contributed by atoms with Gasteiger partial charge in [0.1, 0.15) is 5.69 Å². The number of pyridine rings is 1. The van der Waals surface area contributed by atoms with Crippen LogP contribution in [0.25, 0.3) is 0 Å². The molecular weight excluding hydrogens is 264 g/mol. The van der Waals surface area contributed by atoms with Crippen LogP contribution in [-0.2, 0) is 0 Å². The molecule has 5 nitrogen and oxygen atoms in total. The van der Waals surface area contributed by atoms with E-state index in [9.17, 15) is 4.79 Å². The van der Waals surface area contributed by atoms with E-state index in [-0.39, 0.29) is 18.0 Å². The van der Waals surface area contributed by atoms with E-state index in [1.165, 1.54) is 0 Å². The molecule has 0 bridgehead atoms. The Balaban J connectivity index is 2.25. The van der Waals surface area contributed by atoms with Gasteiger partial charge >= 0.3 is 0 Å². The molecule has 1 aromatic rings. The number of nitrogens with zero attached hydrogens (tertiary/aromatic N) is 3. The van der Waals surface area contributed by atoms with Crippen LogP contribution in [-0.4, -0.2) is 59.5 Å². The number of piperazine rings is 1. The number of hydrogen-bond donors (Lipinski definition) is 1. The minimum atomic E-state index is -0.0573. The molecule has 5 heteroatoms. The number of likely N-dealkylation sites (N-methyl/N-ethyl adjacent to an activating group) is 1. The van der Waals surface area contributed by atoms with Gasteiger partial charge in [0.2, 0.25) is 0 Å². The highest BCUT2D eigenvalue weighted by molar-refractivity contribution is 5.94. The van der Waals surface area contributed by atoms with Gasteiger partial charge in [-0.25, -0.2) is 4.98 Å². The molecule has 0 aromatic carbocycles. The maximum atomic E-state index is 12.7. The summed E-state index contributed by atoms with van der Waals surface area (Å²) in [4.78, 5) is 21.1. The number of rotatable bonds is 1. The van der Waals surface area contributed by atoms with E-state index < -0.39 is 0 Å². The largest absolute Gasteiger partial charge is 0.334 e. The highest BCUT2D eigenvalue weighted by Crippen LogP contribution is 2.20. The number of aromatic nitrogens is 1. The van der Waals surface area contributed by atoms with Crippen LogP contribution in [0.3, 0.4) is 0 Å². The SMILES string of the molecule is CN1CCN(C(=O)c2ncccc2C#CCN)CC1(C)C. The average molecular weight is 286 g/mol. The summed E-state index contributed by atoms with van der Waals surface area (Å²) in [5.41, 5.74) is 6.42. The van der Waals surface area contributed by atoms with Crippen molar-refractivity contribution in [3.8, 4) is 11.8 Å². The van der Waals surface area contributed by atoms with E-state index in [2.05, 4.69) is 42.6 Å². The number of carbonyl (C=O) groups is 1. The zero-order valence-electron chi connectivity index (χ0n) is 12.9. The lowest BCUT2D eigenvalue weighted by Gasteiger charge is -2.45. The molecule has 1 saturated heterocycles. The Bertz CT molecular complexity index is 585. The number of nitrogens with two attached hydrogens (primary N) is 1. The van der Waals surface area contributed by atoms with Crippen molar-refractivity contribution in [2.45, 2.75) is 19.4 Å². The van der Waals surface area contributed by atoms with E-state index in [1.807, 2.05) is 11.0 Å². The fraction of sp³-hybridized carbons (Fsp3) is 0.500. The standard InChI is InChI=1S/C16H22N4O/c1-16(2)12-20(11-10-19(16)3)15(21)14-13(6-4-8-17)7-5-9-18-14/h5,7,9H,8,10-12,17H2,1-3H3. The third-order valence-corrected chi connectivity index (χ3v) is 3.94. The van der Waals surface area contributed by atoms with Gasteiger partial charge in [0.05, 0.1) is 12.1 Å². The molecule has 1 aliphatic rings. The van der Waals surface area contributed by atoms with Gasteiger partial charge in [-0.05, 0) is 33.0 Å². The van der Waals surface area contributed by atoms with Crippen LogP contribution >= 0.6 is 0 Å². The monoisotopic (exact) mass is 286 g/mol. The van der Waals surface area contributed by atoms with Crippen LogP contribution in [0.5, 0.6) is 0 Å². The smallest absolute Gasteiger partial charge is 0.273 e. The summed E-state index contributed by atoms with van der Waals surface area (Å²) in [6.07, 6.45) is 1.63. The summed E-state index contributed by atoms with van der Waals surface area (Å²) in [6.45, 7) is 6.79. The fourth-order valence-electron chi connectivity index (χ4n) is 2.39. The van der Waals surface area contributed by atoms with Crippen molar-refractivity contribution in [2.24, 2.45) is 5.73 Å². The second-order valence-corrected chi connectivity index (χ2v) is 5.87. The highest BCUT2D eigenvalue weighted by Gasteiger charge is 2.34. The number of amides is 1. The first-order valence-corrected chi connectivity index (χ1v) is 7.10. The van der Waals surface area contributed by atoms with E-state index in [0.29, 0.717) is 24.3 Å². The minimum Gasteiger partial charge on any atom is -0.334 e. The van der Waals surface area contributed by atoms with Crippen LogP contribution in [0.4, 0.5) is 0 Å². The summed E-state index contributed by atoms with van der Waals surface area (Å²) in [7, 11) is 2.08. The van der Waals surface area contributed by atoms with Crippen LogP contribution in [0.2, 0.25) is 0 Å². The van der Waals surface area contributed by atoms with Gasteiger partial charge in [-0.2, -0.15) is 0 Å². The van der Waals surface area contributed by atoms with Crippen molar-refractivity contribution in [2.75, 3.05) is 33.2 Å². The van der Waals surface area contributed by atoms with Crippen molar-refractivity contribution in [1.82, 2.24) is 14.8 Å². The third-order valence-electron chi connectivity index (χ3n) is 3.94. The first kappa shape index (κ1) is 15.5. The Morgan fingerprint density at radius 3 is 2.90 bits per heavy atom. The van der Waals surface area contributed by atoms with Crippen molar-refractivity contribution in [3.63, 3.8) is 0 Å². The van der Waals surface area contributed by atoms with Crippen molar-refractivity contribution in [1.29, 1.82) is 0 Å². The molecule has 0 radical (unpaired) electrons. The Morgan fingerprint density at radius 2 is 2.24 bits per heavy atom. The van der Waals surface area contributed by atoms with Crippen LogP contribution in [0.15, 0.2) is 18.3 Å². The number of hydrogen-bond acceptors (Lipinski definition) is 4. The van der Waals surface area contributed by atoms with Gasteiger partial charge in [0.15, 0.2) is 0 Å². The molecule has 0 unspecified atom stereocenters. The molecule has 2 heterocycles. The van der Waals surface area contributed by atoms with Crippen LogP contribution < -0.4 is 5.73 Å². The average Bonchev–Trinajstić information content (AvgIpc) is 2.47. The molecular formula is C16H22N4O. The zero-order valence-corrected chi connectivity index (χ0v) is 12.9. The van der Waals surface area contributed by atoms with Crippen LogP contribution in [0.1, 0.15) is 29.9 Å². The molecule has 1 fully saturated rings. The second kappa shape index (κ2) is 6.25. The molecule has 0 spiro atoms. The predicted molar refractivity (Wildman–Crippen MR) is 82.8 cm³/mol. The maximum Gasteiger partial charge on any atom is 0.273 e. The molecule has 1 aromatic heterocycles. The Labute approximate surface area is 126 Å². The summed E-state index contributed by atoms with van der Waals surface area (Å²) in [5, 5.41) is 0. The fourth-order valence-corrected chi connectivity index (χ4v) is 2.39. The van der Waals surface area contributed by atoms with Crippen molar-refractivity contribution in [3.05, 3.63) is 29.6 Å². The maximum absolute atomic E-state index is 12.7. The lowest BCUT2D eigenvalue weighted by molar-refractivity contribution is 0.0307. The first-order valence-electron chi connectivity index (χ1n) is 7.10. The molecule has 0 aliphatic carbocycles. The highest BCUT2D eigenvalue weighted by atomic mass is 16.2. The van der Waals surface area contributed by atoms with Crippen molar-refractivity contribution < 1.29 is 4.79 Å². The van der Waals surface area contributed by atoms with E-state index >= 15 is 0 Å². The first-order chi connectivity index (χ1) is 9.95. The topological polar surface area (TPSA) is 62.5 Å². The van der Waals surface area contributed by atoms with Gasteiger partial charge in [-0.1, -0.05) is 11.8 Å². The van der Waals surface area contributed by atoms with E-state index in [0.717, 1.165) is 6.54 Å². The Kier molecular flexibility index (Phi) is 4.61. The zero-order chi connectivity index (χ0) is 15.5.